The van der Waals surface area contributed by atoms with Gasteiger partial charge < -0.3 is 0 Å². The molecule has 0 N–H and O–H groups in total. The van der Waals surface area contributed by atoms with E-state index in [9.17, 15) is 0 Å². The molecule has 3 nitrogen and oxygen atoms in total. The molecule has 0 amide bonds. The van der Waals surface area contributed by atoms with E-state index in [1.165, 1.54) is 12.7 Å². The molecule has 0 unspecified atom stereocenters. The molecule has 0 saturated carbocycles. The minimum Gasteiger partial charge on any atom is -0.225 e. The predicted octanol–water partition coefficient (Wildman–Crippen LogP) is 1.54. The zero-order valence-corrected chi connectivity index (χ0v) is 7.44. The van der Waals surface area contributed by atoms with E-state index in [4.69, 9.17) is 0 Å². The third-order valence-electron chi connectivity index (χ3n) is 1.53. The quantitative estimate of drug-likeness (QED) is 0.695. The average Bonchev–Trinajstić information content (AvgIpc) is 2.21. The van der Waals surface area contributed by atoms with Gasteiger partial charge in [-0.25, -0.2) is 15.0 Å². The van der Waals surface area contributed by atoms with Crippen molar-refractivity contribution in [3.8, 4) is 11.4 Å². The molecular formula is C9H7ArN3. The first-order valence-electron chi connectivity index (χ1n) is 3.64. The molecule has 0 aliphatic heterocycles. The topological polar surface area (TPSA) is 38.7 Å². The molecule has 2 aromatic rings. The predicted molar refractivity (Wildman–Crippen MR) is 45.3 cm³/mol. The van der Waals surface area contributed by atoms with E-state index in [1.807, 2.05) is 30.3 Å². The summed E-state index contributed by atoms with van der Waals surface area (Å²) >= 11 is 0. The first-order valence-corrected chi connectivity index (χ1v) is 3.64. The summed E-state index contributed by atoms with van der Waals surface area (Å²) in [5.41, 5.74) is 1.01. The van der Waals surface area contributed by atoms with Crippen LogP contribution in [0.3, 0.4) is 0 Å². The van der Waals surface area contributed by atoms with E-state index in [0.29, 0.717) is 5.82 Å². The summed E-state index contributed by atoms with van der Waals surface area (Å²) in [7, 11) is 0. The molecule has 0 fully saturated rings. The van der Waals surface area contributed by atoms with Crippen molar-refractivity contribution >= 4 is 0 Å². The van der Waals surface area contributed by atoms with Crippen molar-refractivity contribution < 1.29 is 37.7 Å². The van der Waals surface area contributed by atoms with Crippen LogP contribution in [0.4, 0.5) is 0 Å². The summed E-state index contributed by atoms with van der Waals surface area (Å²) in [6, 6.07) is 9.81. The van der Waals surface area contributed by atoms with Crippen molar-refractivity contribution in [2.75, 3.05) is 0 Å². The van der Waals surface area contributed by atoms with Crippen LogP contribution in [-0.4, -0.2) is 15.0 Å². The molecule has 4 heteroatoms. The van der Waals surface area contributed by atoms with Gasteiger partial charge in [-0.05, 0) is 0 Å². The zero-order chi connectivity index (χ0) is 8.23. The molecular weight excluding hydrogens is 190 g/mol. The van der Waals surface area contributed by atoms with Gasteiger partial charge in [-0.3, -0.25) is 0 Å². The van der Waals surface area contributed by atoms with Crippen LogP contribution in [0.2, 0.25) is 0 Å². The summed E-state index contributed by atoms with van der Waals surface area (Å²) in [4.78, 5) is 11.8. The van der Waals surface area contributed by atoms with Crippen LogP contribution in [0.25, 0.3) is 11.4 Å². The Balaban J connectivity index is 0.000000845. The number of hydrogen-bond donors (Lipinski definition) is 0. The number of nitrogens with zero attached hydrogens (tertiary/aromatic N) is 3. The summed E-state index contributed by atoms with van der Waals surface area (Å²) in [5, 5.41) is 0. The van der Waals surface area contributed by atoms with Gasteiger partial charge in [0, 0.05) is 43.3 Å². The first-order chi connectivity index (χ1) is 5.97. The Bertz CT molecular complexity index is 312. The summed E-state index contributed by atoms with van der Waals surface area (Å²) in [5.74, 6) is 0.714. The fraction of sp³-hybridized carbons (Fsp3) is 0. The zero-order valence-electron chi connectivity index (χ0n) is 6.74. The summed E-state index contributed by atoms with van der Waals surface area (Å²) in [6.07, 6.45) is 2.99. The second kappa shape index (κ2) is 5.27. The summed E-state index contributed by atoms with van der Waals surface area (Å²) in [6.45, 7) is 0. The number of benzene rings is 1. The Morgan fingerprint density at radius 2 is 1.46 bits per heavy atom. The van der Waals surface area contributed by atoms with Crippen LogP contribution < -0.4 is 0 Å². The molecule has 0 radical (unpaired) electrons. The molecule has 66 valence electrons. The standard InChI is InChI=1S/C9H7N3.Ar/c1-2-4-8(5-3-1)9-11-6-10-7-12-9;/h1-7H;. The average molecular weight is 197 g/mol. The van der Waals surface area contributed by atoms with Gasteiger partial charge in [0.2, 0.25) is 0 Å². The molecule has 0 aliphatic rings. The fourth-order valence-electron chi connectivity index (χ4n) is 0.975. The van der Waals surface area contributed by atoms with Crippen LogP contribution in [0.5, 0.6) is 0 Å². The van der Waals surface area contributed by atoms with E-state index in [2.05, 4.69) is 15.0 Å². The van der Waals surface area contributed by atoms with Crippen LogP contribution in [0.15, 0.2) is 43.0 Å². The molecule has 0 spiro atoms. The van der Waals surface area contributed by atoms with Gasteiger partial charge in [0.25, 0.3) is 0 Å². The van der Waals surface area contributed by atoms with E-state index >= 15 is 0 Å². The Morgan fingerprint density at radius 1 is 0.846 bits per heavy atom. The first kappa shape index (κ1) is 10.6. The largest absolute Gasteiger partial charge is 0.225 e. The molecule has 0 atom stereocenters. The molecule has 1 aromatic carbocycles. The van der Waals surface area contributed by atoms with Crippen LogP contribution in [-0.2, 0) is 0 Å². The smallest absolute Gasteiger partial charge is 0.162 e. The van der Waals surface area contributed by atoms with E-state index in [0.717, 1.165) is 5.56 Å². The van der Waals surface area contributed by atoms with Gasteiger partial charge >= 0.3 is 0 Å². The monoisotopic (exact) mass is 197 g/mol. The SMILES string of the molecule is [Ar].c1ccc(-c2ncncn2)cc1. The van der Waals surface area contributed by atoms with Crippen LogP contribution in [0, 0.1) is 37.7 Å². The third kappa shape index (κ3) is 2.72. The van der Waals surface area contributed by atoms with Crippen molar-refractivity contribution in [2.45, 2.75) is 0 Å². The van der Waals surface area contributed by atoms with Crippen LogP contribution in [0.1, 0.15) is 0 Å². The van der Waals surface area contributed by atoms with Crippen molar-refractivity contribution in [1.29, 1.82) is 0 Å². The Labute approximate surface area is 106 Å². The normalized spacial score (nSPS) is 8.92. The Hall–Kier alpha value is -0.510. The third-order valence-corrected chi connectivity index (χ3v) is 1.53. The van der Waals surface area contributed by atoms with Crippen molar-refractivity contribution in [2.24, 2.45) is 0 Å². The van der Waals surface area contributed by atoms with Crippen LogP contribution >= 0.6 is 0 Å². The second-order valence-electron chi connectivity index (χ2n) is 2.33. The molecule has 1 aromatic heterocycles. The van der Waals surface area contributed by atoms with Gasteiger partial charge in [0.15, 0.2) is 5.82 Å². The summed E-state index contributed by atoms with van der Waals surface area (Å²) < 4.78 is 0. The Kier molecular flexibility index (Phi) is 4.28. The molecule has 0 bridgehead atoms. The van der Waals surface area contributed by atoms with E-state index < -0.39 is 0 Å². The van der Waals surface area contributed by atoms with Crippen molar-refractivity contribution in [3.05, 3.63) is 43.0 Å². The minimum absolute atomic E-state index is 0. The molecule has 2 rings (SSSR count). The molecule has 13 heavy (non-hydrogen) atoms. The maximum Gasteiger partial charge on any atom is 0.162 e. The number of aromatic nitrogens is 3. The molecule has 1 heterocycles. The molecule has 0 saturated heterocycles. The number of hydrogen-bond acceptors (Lipinski definition) is 3. The second-order valence-corrected chi connectivity index (χ2v) is 2.33. The van der Waals surface area contributed by atoms with Gasteiger partial charge in [0.05, 0.1) is 0 Å². The maximum atomic E-state index is 4.03. The molecule has 0 aliphatic carbocycles. The van der Waals surface area contributed by atoms with Gasteiger partial charge in [0.1, 0.15) is 12.7 Å². The van der Waals surface area contributed by atoms with Crippen molar-refractivity contribution in [1.82, 2.24) is 15.0 Å². The minimum atomic E-state index is 0. The number of rotatable bonds is 1. The Morgan fingerprint density at radius 3 is 2.08 bits per heavy atom. The van der Waals surface area contributed by atoms with Crippen molar-refractivity contribution in [3.63, 3.8) is 0 Å². The van der Waals surface area contributed by atoms with Gasteiger partial charge in [-0.1, -0.05) is 30.3 Å². The van der Waals surface area contributed by atoms with E-state index in [-0.39, 0.29) is 37.7 Å². The van der Waals surface area contributed by atoms with Gasteiger partial charge in [-0.15, -0.1) is 0 Å². The fourth-order valence-corrected chi connectivity index (χ4v) is 0.975. The maximum absolute atomic E-state index is 4.03. The van der Waals surface area contributed by atoms with E-state index in [1.54, 1.807) is 0 Å². The van der Waals surface area contributed by atoms with Gasteiger partial charge in [-0.2, -0.15) is 0 Å².